The van der Waals surface area contributed by atoms with Gasteiger partial charge in [0.15, 0.2) is 0 Å². The molecule has 0 unspecified atom stereocenters. The van der Waals surface area contributed by atoms with E-state index >= 15 is 0 Å². The second kappa shape index (κ2) is 2.98. The van der Waals surface area contributed by atoms with E-state index in [1.54, 1.807) is 11.3 Å². The fourth-order valence-electron chi connectivity index (χ4n) is 1.01. The lowest BCUT2D eigenvalue weighted by Gasteiger charge is -1.89. The monoisotopic (exact) mass is 181 g/mol. The Bertz CT molecular complexity index is 399. The van der Waals surface area contributed by atoms with E-state index in [1.165, 1.54) is 10.9 Å². The van der Waals surface area contributed by atoms with Gasteiger partial charge >= 0.3 is 5.63 Å². The lowest BCUT2D eigenvalue weighted by Crippen LogP contribution is -1.87. The molecule has 2 aromatic heterocycles. The Morgan fingerprint density at radius 2 is 2.50 bits per heavy atom. The van der Waals surface area contributed by atoms with Gasteiger partial charge in [-0.3, -0.25) is 0 Å². The molecule has 0 aliphatic heterocycles. The number of thiophene rings is 1. The maximum absolute atomic E-state index is 10.6. The summed E-state index contributed by atoms with van der Waals surface area (Å²) in [5, 5.41) is 4.57. The van der Waals surface area contributed by atoms with Crippen molar-refractivity contribution in [1.82, 2.24) is 5.16 Å². The van der Waals surface area contributed by atoms with E-state index in [0.717, 1.165) is 12.1 Å². The highest BCUT2D eigenvalue weighted by Gasteiger charge is 2.00. The molecule has 0 radical (unpaired) electrons. The number of aromatic amines is 1. The molecule has 62 valence electrons. The van der Waals surface area contributed by atoms with Crippen LogP contribution in [0.3, 0.4) is 0 Å². The molecule has 3 nitrogen and oxygen atoms in total. The molecular weight excluding hydrogens is 174 g/mol. The van der Waals surface area contributed by atoms with Crippen molar-refractivity contribution >= 4 is 11.3 Å². The quantitative estimate of drug-likeness (QED) is 0.765. The molecule has 0 bridgehead atoms. The van der Waals surface area contributed by atoms with Crippen LogP contribution in [0.2, 0.25) is 0 Å². The van der Waals surface area contributed by atoms with Crippen LogP contribution in [0.25, 0.3) is 0 Å². The van der Waals surface area contributed by atoms with Gasteiger partial charge in [-0.05, 0) is 11.4 Å². The molecule has 0 saturated carbocycles. The van der Waals surface area contributed by atoms with Gasteiger partial charge in [0, 0.05) is 17.4 Å². The molecule has 2 rings (SSSR count). The molecule has 0 aliphatic rings. The zero-order valence-corrected chi connectivity index (χ0v) is 7.06. The number of hydrogen-bond acceptors (Lipinski definition) is 3. The van der Waals surface area contributed by atoms with E-state index in [9.17, 15) is 4.79 Å². The second-order valence-corrected chi connectivity index (χ2v) is 3.48. The van der Waals surface area contributed by atoms with Crippen molar-refractivity contribution in [2.75, 3.05) is 0 Å². The van der Waals surface area contributed by atoms with Crippen molar-refractivity contribution in [3.8, 4) is 0 Å². The van der Waals surface area contributed by atoms with Crippen LogP contribution in [-0.4, -0.2) is 5.16 Å². The summed E-state index contributed by atoms with van der Waals surface area (Å²) in [6, 6.07) is 5.48. The summed E-state index contributed by atoms with van der Waals surface area (Å²) in [4.78, 5) is 11.8. The SMILES string of the molecule is O=c1cc(Cc2cccs2)[nH]o1. The van der Waals surface area contributed by atoms with E-state index in [2.05, 4.69) is 9.68 Å². The van der Waals surface area contributed by atoms with Crippen LogP contribution in [0.1, 0.15) is 10.6 Å². The highest BCUT2D eigenvalue weighted by Crippen LogP contribution is 2.12. The Labute approximate surface area is 72.6 Å². The third kappa shape index (κ3) is 1.48. The minimum absolute atomic E-state index is 0.318. The minimum Gasteiger partial charge on any atom is -0.339 e. The van der Waals surface area contributed by atoms with Crippen LogP contribution in [-0.2, 0) is 6.42 Å². The van der Waals surface area contributed by atoms with Gasteiger partial charge in [-0.25, -0.2) is 9.95 Å². The van der Waals surface area contributed by atoms with Gasteiger partial charge in [0.05, 0.1) is 5.69 Å². The smallest absolute Gasteiger partial charge is 0.339 e. The number of aromatic nitrogens is 1. The van der Waals surface area contributed by atoms with Crippen LogP contribution >= 0.6 is 11.3 Å². The number of H-pyrrole nitrogens is 1. The third-order valence-corrected chi connectivity index (χ3v) is 2.40. The predicted octanol–water partition coefficient (Wildman–Crippen LogP) is 1.62. The first-order valence-corrected chi connectivity index (χ1v) is 4.42. The van der Waals surface area contributed by atoms with E-state index in [0.29, 0.717) is 0 Å². The Morgan fingerprint density at radius 1 is 1.58 bits per heavy atom. The molecular formula is C8H7NO2S. The van der Waals surface area contributed by atoms with E-state index in [1.807, 2.05) is 17.5 Å². The normalized spacial score (nSPS) is 10.3. The summed E-state index contributed by atoms with van der Waals surface area (Å²) in [5.41, 5.74) is 0.504. The molecule has 12 heavy (non-hydrogen) atoms. The van der Waals surface area contributed by atoms with Crippen LogP contribution in [0.4, 0.5) is 0 Å². The molecule has 2 heterocycles. The van der Waals surface area contributed by atoms with E-state index in [4.69, 9.17) is 0 Å². The summed E-state index contributed by atoms with van der Waals surface area (Å²) in [7, 11) is 0. The standard InChI is InChI=1S/C8H7NO2S/c10-8-5-6(9-11-8)4-7-2-1-3-12-7/h1-3,5,9H,4H2. The first-order valence-electron chi connectivity index (χ1n) is 3.54. The van der Waals surface area contributed by atoms with Crippen LogP contribution < -0.4 is 5.63 Å². The van der Waals surface area contributed by atoms with Gasteiger partial charge < -0.3 is 4.52 Å². The molecule has 0 amide bonds. The fraction of sp³-hybridized carbons (Fsp3) is 0.125. The van der Waals surface area contributed by atoms with Crippen molar-refractivity contribution in [2.45, 2.75) is 6.42 Å². The van der Waals surface area contributed by atoms with Gasteiger partial charge in [-0.15, -0.1) is 11.3 Å². The highest BCUT2D eigenvalue weighted by molar-refractivity contribution is 7.09. The topological polar surface area (TPSA) is 46.0 Å². The van der Waals surface area contributed by atoms with Gasteiger partial charge in [-0.1, -0.05) is 6.07 Å². The van der Waals surface area contributed by atoms with Gasteiger partial charge in [0.25, 0.3) is 0 Å². The summed E-state index contributed by atoms with van der Waals surface area (Å²) in [6.07, 6.45) is 0.739. The Hall–Kier alpha value is -1.29. The Kier molecular flexibility index (Phi) is 1.83. The maximum Gasteiger partial charge on any atom is 0.357 e. The first kappa shape index (κ1) is 7.36. The maximum atomic E-state index is 10.6. The molecule has 4 heteroatoms. The average molecular weight is 181 g/mol. The lowest BCUT2D eigenvalue weighted by atomic mass is 10.3. The van der Waals surface area contributed by atoms with E-state index < -0.39 is 0 Å². The highest BCUT2D eigenvalue weighted by atomic mass is 32.1. The average Bonchev–Trinajstić information content (AvgIpc) is 2.63. The summed E-state index contributed by atoms with van der Waals surface area (Å²) in [6.45, 7) is 0. The summed E-state index contributed by atoms with van der Waals surface area (Å²) in [5.74, 6) is 0. The lowest BCUT2D eigenvalue weighted by molar-refractivity contribution is 0.386. The number of hydrogen-bond donors (Lipinski definition) is 1. The predicted molar refractivity (Wildman–Crippen MR) is 46.5 cm³/mol. The van der Waals surface area contributed by atoms with Crippen LogP contribution in [0.15, 0.2) is 32.9 Å². The van der Waals surface area contributed by atoms with Gasteiger partial charge in [0.2, 0.25) is 0 Å². The van der Waals surface area contributed by atoms with Crippen molar-refractivity contribution in [3.05, 3.63) is 44.6 Å². The van der Waals surface area contributed by atoms with Crippen molar-refractivity contribution in [2.24, 2.45) is 0 Å². The molecule has 0 fully saturated rings. The van der Waals surface area contributed by atoms with Gasteiger partial charge in [0.1, 0.15) is 0 Å². The molecule has 1 N–H and O–H groups in total. The fourth-order valence-corrected chi connectivity index (χ4v) is 1.73. The zero-order chi connectivity index (χ0) is 8.39. The molecule has 0 spiro atoms. The van der Waals surface area contributed by atoms with Crippen LogP contribution in [0.5, 0.6) is 0 Å². The molecule has 0 aromatic carbocycles. The third-order valence-electron chi connectivity index (χ3n) is 1.52. The molecule has 0 saturated heterocycles. The number of rotatable bonds is 2. The number of nitrogens with one attached hydrogen (secondary N) is 1. The Balaban J connectivity index is 2.19. The van der Waals surface area contributed by atoms with E-state index in [-0.39, 0.29) is 5.63 Å². The van der Waals surface area contributed by atoms with Gasteiger partial charge in [-0.2, -0.15) is 0 Å². The second-order valence-electron chi connectivity index (χ2n) is 2.45. The minimum atomic E-state index is -0.318. The molecule has 0 aliphatic carbocycles. The summed E-state index contributed by atoms with van der Waals surface area (Å²) < 4.78 is 4.54. The van der Waals surface area contributed by atoms with Crippen molar-refractivity contribution in [1.29, 1.82) is 0 Å². The zero-order valence-electron chi connectivity index (χ0n) is 6.24. The Morgan fingerprint density at radius 3 is 3.08 bits per heavy atom. The largest absolute Gasteiger partial charge is 0.357 e. The summed E-state index contributed by atoms with van der Waals surface area (Å²) >= 11 is 1.66. The molecule has 0 atom stereocenters. The van der Waals surface area contributed by atoms with Crippen LogP contribution in [0, 0.1) is 0 Å². The van der Waals surface area contributed by atoms with Crippen molar-refractivity contribution < 1.29 is 4.52 Å². The molecule has 2 aromatic rings. The first-order chi connectivity index (χ1) is 5.84. The van der Waals surface area contributed by atoms with Crippen molar-refractivity contribution in [3.63, 3.8) is 0 Å².